The third kappa shape index (κ3) is 3.70. The van der Waals surface area contributed by atoms with Crippen LogP contribution in [0, 0.1) is 5.82 Å². The number of nitrogens with one attached hydrogen (secondary N) is 1. The molecule has 5 nitrogen and oxygen atoms in total. The van der Waals surface area contributed by atoms with Crippen LogP contribution in [0.5, 0.6) is 0 Å². The Balaban J connectivity index is 1.90. The van der Waals surface area contributed by atoms with Gasteiger partial charge in [-0.25, -0.2) is 12.8 Å². The number of nitrogens with zero attached hydrogens (tertiary/aromatic N) is 1. The lowest BCUT2D eigenvalue weighted by Crippen LogP contribution is -2.16. The molecule has 0 radical (unpaired) electrons. The largest absolute Gasteiger partial charge is 0.308 e. The van der Waals surface area contributed by atoms with E-state index in [2.05, 4.69) is 4.72 Å². The first-order chi connectivity index (χ1) is 11.8. The summed E-state index contributed by atoms with van der Waals surface area (Å²) in [6.45, 7) is 2.40. The van der Waals surface area contributed by atoms with Gasteiger partial charge in [0.05, 0.1) is 21.7 Å². The van der Waals surface area contributed by atoms with E-state index in [1.807, 2.05) is 6.92 Å². The topological polar surface area (TPSA) is 68.2 Å². The van der Waals surface area contributed by atoms with Crippen LogP contribution in [0.2, 0.25) is 5.02 Å². The van der Waals surface area contributed by atoms with Crippen molar-refractivity contribution in [3.63, 3.8) is 0 Å². The molecule has 132 valence electrons. The molecule has 0 fully saturated rings. The second-order valence-electron chi connectivity index (χ2n) is 5.36. The number of fused-ring (bicyclic) bond motifs is 1. The summed E-state index contributed by atoms with van der Waals surface area (Å²) in [7, 11) is -3.86. The smallest absolute Gasteiger partial charge is 0.299 e. The van der Waals surface area contributed by atoms with E-state index in [-0.39, 0.29) is 15.5 Å². The van der Waals surface area contributed by atoms with Crippen LogP contribution >= 0.6 is 22.9 Å². The van der Waals surface area contributed by atoms with Gasteiger partial charge < -0.3 is 0 Å². The summed E-state index contributed by atoms with van der Waals surface area (Å²) in [6.07, 6.45) is 0. The van der Waals surface area contributed by atoms with Gasteiger partial charge in [-0.15, -0.1) is 0 Å². The summed E-state index contributed by atoms with van der Waals surface area (Å²) >= 11 is 6.93. The highest BCUT2D eigenvalue weighted by Gasteiger charge is 2.18. The molecule has 1 aromatic heterocycles. The summed E-state index contributed by atoms with van der Waals surface area (Å²) in [5.74, 6) is -1.26. The maximum Gasteiger partial charge on any atom is 0.308 e. The number of aromatic nitrogens is 1. The van der Waals surface area contributed by atoms with Gasteiger partial charge in [0, 0.05) is 17.1 Å². The van der Waals surface area contributed by atoms with Crippen molar-refractivity contribution in [3.05, 3.63) is 62.5 Å². The van der Waals surface area contributed by atoms with Gasteiger partial charge in [0.25, 0.3) is 0 Å². The standard InChI is InChI=1S/C16H14ClFN2O3S2/c1-2-20-14-7-6-10(8-15(14)24-16(20)21)19-25(22,23)9-11-12(17)4-3-5-13(11)18/h3-8,19H,2,9H2,1H3. The van der Waals surface area contributed by atoms with E-state index in [1.165, 1.54) is 12.1 Å². The van der Waals surface area contributed by atoms with E-state index >= 15 is 0 Å². The molecule has 0 amide bonds. The zero-order valence-electron chi connectivity index (χ0n) is 13.1. The van der Waals surface area contributed by atoms with Gasteiger partial charge >= 0.3 is 4.87 Å². The van der Waals surface area contributed by atoms with Crippen molar-refractivity contribution in [1.82, 2.24) is 4.57 Å². The fraction of sp³-hybridized carbons (Fsp3) is 0.188. The summed E-state index contributed by atoms with van der Waals surface area (Å²) in [5, 5.41) is 0.0547. The quantitative estimate of drug-likeness (QED) is 0.707. The lowest BCUT2D eigenvalue weighted by molar-refractivity contribution is 0.591. The maximum absolute atomic E-state index is 13.8. The molecule has 25 heavy (non-hydrogen) atoms. The Bertz CT molecular complexity index is 1090. The van der Waals surface area contributed by atoms with Crippen LogP contribution in [0.4, 0.5) is 10.1 Å². The van der Waals surface area contributed by atoms with E-state index in [9.17, 15) is 17.6 Å². The van der Waals surface area contributed by atoms with E-state index in [0.29, 0.717) is 16.9 Å². The SMILES string of the molecule is CCn1c(=O)sc2cc(NS(=O)(=O)Cc3c(F)cccc3Cl)ccc21. The van der Waals surface area contributed by atoms with Crippen LogP contribution in [-0.2, 0) is 22.3 Å². The lowest BCUT2D eigenvalue weighted by atomic mass is 10.2. The van der Waals surface area contributed by atoms with E-state index in [0.717, 1.165) is 22.9 Å². The summed E-state index contributed by atoms with van der Waals surface area (Å²) in [6, 6.07) is 8.86. The minimum Gasteiger partial charge on any atom is -0.299 e. The van der Waals surface area contributed by atoms with Crippen molar-refractivity contribution >= 4 is 48.9 Å². The number of rotatable bonds is 5. The maximum atomic E-state index is 13.8. The van der Waals surface area contributed by atoms with E-state index in [4.69, 9.17) is 11.6 Å². The summed E-state index contributed by atoms with van der Waals surface area (Å²) in [4.78, 5) is 11.8. The number of benzene rings is 2. The molecule has 0 unspecified atom stereocenters. The van der Waals surface area contributed by atoms with Gasteiger partial charge in [-0.2, -0.15) is 0 Å². The van der Waals surface area contributed by atoms with Crippen LogP contribution in [0.3, 0.4) is 0 Å². The van der Waals surface area contributed by atoms with Crippen molar-refractivity contribution in [2.45, 2.75) is 19.2 Å². The average molecular weight is 401 g/mol. The monoisotopic (exact) mass is 400 g/mol. The molecule has 3 aromatic rings. The van der Waals surface area contributed by atoms with Crippen LogP contribution in [-0.4, -0.2) is 13.0 Å². The van der Waals surface area contributed by atoms with Crippen LogP contribution < -0.4 is 9.60 Å². The Hall–Kier alpha value is -1.90. The predicted molar refractivity (Wildman–Crippen MR) is 99.4 cm³/mol. The average Bonchev–Trinajstić information content (AvgIpc) is 2.85. The summed E-state index contributed by atoms with van der Waals surface area (Å²) < 4.78 is 43.2. The number of hydrogen-bond donors (Lipinski definition) is 1. The minimum absolute atomic E-state index is 0.0547. The molecule has 0 saturated carbocycles. The van der Waals surface area contributed by atoms with Crippen LogP contribution in [0.1, 0.15) is 12.5 Å². The highest BCUT2D eigenvalue weighted by atomic mass is 35.5. The molecule has 1 heterocycles. The van der Waals surface area contributed by atoms with Gasteiger partial charge in [-0.3, -0.25) is 14.1 Å². The molecule has 3 rings (SSSR count). The van der Waals surface area contributed by atoms with Gasteiger partial charge in [0.1, 0.15) is 5.82 Å². The fourth-order valence-electron chi connectivity index (χ4n) is 2.51. The van der Waals surface area contributed by atoms with Gasteiger partial charge in [0.2, 0.25) is 10.0 Å². The van der Waals surface area contributed by atoms with Crippen molar-refractivity contribution in [3.8, 4) is 0 Å². The number of anilines is 1. The Labute approximate surface area is 152 Å². The number of halogens is 2. The van der Waals surface area contributed by atoms with Crippen molar-refractivity contribution in [2.24, 2.45) is 0 Å². The molecular formula is C16H14ClFN2O3S2. The van der Waals surface area contributed by atoms with Gasteiger partial charge in [0.15, 0.2) is 0 Å². The lowest BCUT2D eigenvalue weighted by Gasteiger charge is -2.10. The fourth-order valence-corrected chi connectivity index (χ4v) is 5.04. The minimum atomic E-state index is -3.86. The highest BCUT2D eigenvalue weighted by molar-refractivity contribution is 7.91. The highest BCUT2D eigenvalue weighted by Crippen LogP contribution is 2.25. The number of hydrogen-bond acceptors (Lipinski definition) is 4. The van der Waals surface area contributed by atoms with Gasteiger partial charge in [-0.1, -0.05) is 29.0 Å². The zero-order chi connectivity index (χ0) is 18.2. The normalized spacial score (nSPS) is 11.8. The zero-order valence-corrected chi connectivity index (χ0v) is 15.5. The third-order valence-electron chi connectivity index (χ3n) is 3.65. The molecule has 0 spiro atoms. The van der Waals surface area contributed by atoms with Crippen LogP contribution in [0.15, 0.2) is 41.2 Å². The predicted octanol–water partition coefficient (Wildman–Crippen LogP) is 3.82. The Kier molecular flexibility index (Phi) is 4.86. The van der Waals surface area contributed by atoms with Crippen molar-refractivity contribution in [2.75, 3.05) is 4.72 Å². The Morgan fingerprint density at radius 1 is 1.28 bits per heavy atom. The summed E-state index contributed by atoms with van der Waals surface area (Å²) in [5.41, 5.74) is 0.974. The molecule has 2 aromatic carbocycles. The van der Waals surface area contributed by atoms with Crippen LogP contribution in [0.25, 0.3) is 10.2 Å². The number of sulfonamides is 1. The van der Waals surface area contributed by atoms with E-state index in [1.54, 1.807) is 22.8 Å². The Morgan fingerprint density at radius 3 is 2.72 bits per heavy atom. The second kappa shape index (κ2) is 6.78. The number of thiazole rings is 1. The molecule has 0 aliphatic carbocycles. The first-order valence-corrected chi connectivity index (χ1v) is 10.2. The molecule has 0 bridgehead atoms. The number of aryl methyl sites for hydroxylation is 1. The molecular weight excluding hydrogens is 387 g/mol. The van der Waals surface area contributed by atoms with Crippen molar-refractivity contribution in [1.29, 1.82) is 0 Å². The molecule has 0 saturated heterocycles. The Morgan fingerprint density at radius 2 is 2.04 bits per heavy atom. The van der Waals surface area contributed by atoms with Gasteiger partial charge in [-0.05, 0) is 37.3 Å². The molecule has 0 aliphatic heterocycles. The van der Waals surface area contributed by atoms with Crippen molar-refractivity contribution < 1.29 is 12.8 Å². The first kappa shape index (κ1) is 17.9. The molecule has 0 aliphatic rings. The molecule has 1 N–H and O–H groups in total. The second-order valence-corrected chi connectivity index (χ2v) is 8.48. The first-order valence-electron chi connectivity index (χ1n) is 7.37. The molecule has 0 atom stereocenters. The molecule has 9 heteroatoms. The van der Waals surface area contributed by atoms with E-state index < -0.39 is 21.6 Å². The third-order valence-corrected chi connectivity index (χ3v) is 6.17.